The average Bonchev–Trinajstić information content (AvgIpc) is 0.885. The summed E-state index contributed by atoms with van der Waals surface area (Å²) in [6.07, 6.45) is 9.66. The summed E-state index contributed by atoms with van der Waals surface area (Å²) in [5.74, 6) is -8.77. The van der Waals surface area contributed by atoms with Crippen molar-refractivity contribution in [2.75, 3.05) is 65.1 Å². The quantitative estimate of drug-likeness (QED) is 0.0196. The smallest absolute Gasteiger partial charge is 0.341 e. The Hall–Kier alpha value is -9.66. The van der Waals surface area contributed by atoms with Crippen molar-refractivity contribution >= 4 is 89.0 Å². The molecule has 3 atom stereocenters. The normalized spacial score (nSPS) is 11.9. The van der Waals surface area contributed by atoms with E-state index < -0.39 is 71.8 Å². The number of hydrogen-bond acceptors (Lipinski definition) is 21. The summed E-state index contributed by atoms with van der Waals surface area (Å²) < 4.78 is 1.24. The third-order valence-electron chi connectivity index (χ3n) is 12.3. The van der Waals surface area contributed by atoms with Crippen LogP contribution in [0, 0.1) is 23.2 Å². The molecule has 0 bridgehead atoms. The Morgan fingerprint density at radius 1 is 0.566 bits per heavy atom. The number of carbonyl (C=O) groups excluding carboxylic acids is 2. The zero-order valence-corrected chi connectivity index (χ0v) is 57.3. The van der Waals surface area contributed by atoms with Gasteiger partial charge in [-0.3, -0.25) is 64.0 Å². The van der Waals surface area contributed by atoms with Crippen LogP contribution in [-0.4, -0.2) is 216 Å². The predicted octanol–water partition coefficient (Wildman–Crippen LogP) is -0.164. The highest BCUT2D eigenvalue weighted by molar-refractivity contribution is 5.95. The van der Waals surface area contributed by atoms with E-state index in [4.69, 9.17) is 114 Å². The number of aliphatic hydroxyl groups is 1. The number of aliphatic hydroxyl groups excluding tert-OH is 1. The van der Waals surface area contributed by atoms with Gasteiger partial charge in [-0.05, 0) is 112 Å². The molecular weight excluding hydrogens is 1310 g/mol. The Bertz CT molecular complexity index is 2670. The molecule has 2 aromatic rings. The molecule has 0 spiro atoms. The molecular formula is C62H113N14O23+. The van der Waals surface area contributed by atoms with E-state index in [0.717, 1.165) is 25.8 Å². The van der Waals surface area contributed by atoms with Gasteiger partial charge in [0.15, 0.2) is 12.5 Å². The number of carbonyl (C=O) groups is 12. The third-order valence-corrected chi connectivity index (χ3v) is 12.3. The Labute approximate surface area is 576 Å². The summed E-state index contributed by atoms with van der Waals surface area (Å²) in [4.78, 5) is 125. The Kier molecular flexibility index (Phi) is 68.2. The second kappa shape index (κ2) is 65.6. The number of nitrogens with zero attached hydrogens (tertiary/aromatic N) is 2. The van der Waals surface area contributed by atoms with E-state index in [1.165, 1.54) is 49.8 Å². The molecule has 568 valence electrons. The van der Waals surface area contributed by atoms with Gasteiger partial charge in [0, 0.05) is 49.5 Å². The van der Waals surface area contributed by atoms with Crippen molar-refractivity contribution in [1.29, 1.82) is 0 Å². The summed E-state index contributed by atoms with van der Waals surface area (Å²) >= 11 is 0. The first-order valence-electron chi connectivity index (χ1n) is 30.9. The highest BCUT2D eigenvalue weighted by Gasteiger charge is 2.30. The van der Waals surface area contributed by atoms with Crippen LogP contribution < -0.4 is 68.4 Å². The molecule has 0 radical (unpaired) electrons. The maximum absolute atomic E-state index is 11.2. The number of likely N-dealkylation sites (N-methyl/N-ethyl adjacent to an activating group) is 1. The van der Waals surface area contributed by atoms with Crippen LogP contribution in [0.5, 0.6) is 0 Å². The van der Waals surface area contributed by atoms with Crippen molar-refractivity contribution in [2.24, 2.45) is 85.5 Å². The van der Waals surface area contributed by atoms with E-state index in [1.807, 2.05) is 13.8 Å². The number of aromatic carboxylic acids is 1. The molecule has 1 saturated carbocycles. The summed E-state index contributed by atoms with van der Waals surface area (Å²) in [5.41, 5.74) is 57.8. The zero-order chi connectivity index (χ0) is 78.2. The first kappa shape index (κ1) is 103. The fourth-order valence-electron chi connectivity index (χ4n) is 7.40. The van der Waals surface area contributed by atoms with Gasteiger partial charge in [0.1, 0.15) is 18.9 Å². The molecule has 34 N–H and O–H groups in total. The van der Waals surface area contributed by atoms with Gasteiger partial charge in [0.05, 0.1) is 44.5 Å². The SMILES string of the molecule is CC(C)CC(CN)CC(=O)O.CC(C)CC(N)C(O)CC(=O)O.C[N+](CC(=O)O)=C(N)N.NC(N)=NCC(=O)O.NCC(=O)CCC(=O)O.NCC1(CCCC(=O)O)CCCCC1.NCCC(=O)O.NCCCC(=O)O.Nc1ccccc1C(=O)O.O=C(O)CNC(=O)c1ccccc1. The fraction of sp³-hybridized carbons (Fsp3) is 0.581. The van der Waals surface area contributed by atoms with Crippen molar-refractivity contribution in [3.8, 4) is 0 Å². The number of rotatable bonds is 32. The number of ketones is 1. The Balaban J connectivity index is -0.000000192. The van der Waals surface area contributed by atoms with Gasteiger partial charge in [-0.15, -0.1) is 0 Å². The maximum Gasteiger partial charge on any atom is 0.341 e. The first-order chi connectivity index (χ1) is 46.0. The van der Waals surface area contributed by atoms with Gasteiger partial charge in [-0.25, -0.2) is 14.6 Å². The Morgan fingerprint density at radius 2 is 1.05 bits per heavy atom. The van der Waals surface area contributed by atoms with Crippen LogP contribution in [0.15, 0.2) is 59.6 Å². The number of nitrogens with one attached hydrogen (secondary N) is 1. The molecule has 37 nitrogen and oxygen atoms in total. The lowest BCUT2D eigenvalue weighted by Gasteiger charge is -2.36. The highest BCUT2D eigenvalue weighted by atomic mass is 16.4. The summed E-state index contributed by atoms with van der Waals surface area (Å²) in [7, 11) is 1.50. The summed E-state index contributed by atoms with van der Waals surface area (Å²) in [6, 6.07) is 14.4. The van der Waals surface area contributed by atoms with Crippen LogP contribution >= 0.6 is 0 Å². The van der Waals surface area contributed by atoms with Crippen molar-refractivity contribution in [1.82, 2.24) is 5.32 Å². The summed E-state index contributed by atoms with van der Waals surface area (Å²) in [6.45, 7) is 9.07. The number of aliphatic imine (C=N–C) groups is 1. The average molecular weight is 1420 g/mol. The van der Waals surface area contributed by atoms with Crippen molar-refractivity contribution in [2.45, 2.75) is 149 Å². The number of para-hydroxylation sites is 1. The zero-order valence-electron chi connectivity index (χ0n) is 57.3. The van der Waals surface area contributed by atoms with Crippen molar-refractivity contribution in [3.05, 3.63) is 65.7 Å². The maximum atomic E-state index is 11.2. The predicted molar refractivity (Wildman–Crippen MR) is 369 cm³/mol. The van der Waals surface area contributed by atoms with E-state index in [0.29, 0.717) is 55.4 Å². The van der Waals surface area contributed by atoms with Crippen molar-refractivity contribution in [3.63, 3.8) is 0 Å². The highest BCUT2D eigenvalue weighted by Crippen LogP contribution is 2.39. The van der Waals surface area contributed by atoms with Gasteiger partial charge < -0.3 is 113 Å². The molecule has 1 aliphatic carbocycles. The molecule has 37 heteroatoms. The van der Waals surface area contributed by atoms with E-state index in [-0.39, 0.29) is 112 Å². The van der Waals surface area contributed by atoms with Gasteiger partial charge in [0.25, 0.3) is 5.91 Å². The molecule has 3 rings (SSSR count). The van der Waals surface area contributed by atoms with Gasteiger partial charge in [-0.2, -0.15) is 0 Å². The second-order valence-electron chi connectivity index (χ2n) is 22.3. The van der Waals surface area contributed by atoms with Crippen molar-refractivity contribution < 1.29 is 118 Å². The van der Waals surface area contributed by atoms with E-state index in [2.05, 4.69) is 24.2 Å². The minimum Gasteiger partial charge on any atom is -0.481 e. The number of nitrogens with two attached hydrogens (primary N) is 11. The lowest BCUT2D eigenvalue weighted by Crippen LogP contribution is -2.37. The number of carboxylic acid groups (broad SMARTS) is 10. The first-order valence-corrected chi connectivity index (χ1v) is 30.9. The largest absolute Gasteiger partial charge is 0.481 e. The number of aliphatic carboxylic acids is 9. The van der Waals surface area contributed by atoms with E-state index in [1.54, 1.807) is 48.5 Å². The molecule has 0 saturated heterocycles. The third kappa shape index (κ3) is 78.9. The number of hydrogen-bond donors (Lipinski definition) is 23. The van der Waals surface area contributed by atoms with Crippen LogP contribution in [-0.2, 0) is 47.9 Å². The molecule has 1 fully saturated rings. The molecule has 0 heterocycles. The number of amides is 1. The van der Waals surface area contributed by atoms with Gasteiger partial charge in [0.2, 0.25) is 0 Å². The molecule has 3 unspecified atom stereocenters. The molecule has 99 heavy (non-hydrogen) atoms. The molecule has 1 aliphatic rings. The van der Waals surface area contributed by atoms with Gasteiger partial charge in [-0.1, -0.05) is 77.3 Å². The number of carboxylic acids is 10. The number of nitrogen functional groups attached to an aromatic ring is 1. The molecule has 2 aromatic carbocycles. The lowest BCUT2D eigenvalue weighted by molar-refractivity contribution is -0.489. The molecule has 0 aromatic heterocycles. The monoisotopic (exact) mass is 1420 g/mol. The van der Waals surface area contributed by atoms with Crippen LogP contribution in [0.3, 0.4) is 0 Å². The minimum atomic E-state index is -1.05. The van der Waals surface area contributed by atoms with E-state index in [9.17, 15) is 62.6 Å². The van der Waals surface area contributed by atoms with Crippen LogP contribution in [0.2, 0.25) is 0 Å². The number of benzene rings is 2. The standard InChI is InChI=1S/C11H21NO2.C9H9NO3.C8H17NO3.C8H17NO2.C7H7NO2.C5H9NO3.C4H9N3O2.C4H9NO2.C3H7N3O2.C3H7NO2/c12-9-11(6-2-1-3-7-11)8-4-5-10(13)14;11-8(12)6-10-9(13)7-4-2-1-3-5-7;1-5(2)3-6(9)7(10)4-8(11)12;1-6(2)3-7(5-9)4-8(10)11;8-6-4-2-1-3-5(6)7(9)10;6-3-4(7)1-2-5(8)9;1-7(4(5)6)2-3(8)9;5-3-1-2-4(6)7;4-3(5)6-1-2(7)8;4-2-1-3(5)6/h1-9,12H2,(H,13,14);1-5H,6H2,(H,10,13)(H,11,12);5-7,10H,3-4,9H2,1-2H3,(H,11,12);6-7H,3-5,9H2,1-2H3,(H,10,11);1-4H,8H2,(H,9,10);1-3,6H2,(H,8,9);2H2,1H3,(H4,5,6,8,9);1-3,5H2,(H,6,7);1H2,(H,7,8)(H4,4,5,6);1-2,4H2,(H,5,6)/p+1. The number of anilines is 1. The molecule has 0 aliphatic heterocycles. The fourth-order valence-corrected chi connectivity index (χ4v) is 7.40. The van der Waals surface area contributed by atoms with E-state index >= 15 is 0 Å². The van der Waals surface area contributed by atoms with Crippen LogP contribution in [0.25, 0.3) is 0 Å². The minimum absolute atomic E-state index is 0.0115. The number of guanidine groups is 2. The lowest BCUT2D eigenvalue weighted by atomic mass is 9.71. The Morgan fingerprint density at radius 3 is 1.36 bits per heavy atom. The van der Waals surface area contributed by atoms with Gasteiger partial charge >= 0.3 is 65.7 Å². The summed E-state index contributed by atoms with van der Waals surface area (Å²) in [5, 5.41) is 93.7. The topological polar surface area (TPSA) is 741 Å². The second-order valence-corrected chi connectivity index (χ2v) is 22.3. The molecule has 1 amide bonds. The number of Topliss-reactive ketones (excluding diaryl/α,β-unsaturated/α-hetero) is 1. The van der Waals surface area contributed by atoms with Crippen LogP contribution in [0.1, 0.15) is 158 Å². The van der Waals surface area contributed by atoms with Crippen LogP contribution in [0.4, 0.5) is 5.69 Å².